The topological polar surface area (TPSA) is 31.2 Å². The zero-order valence-corrected chi connectivity index (χ0v) is 5.50. The summed E-state index contributed by atoms with van der Waals surface area (Å²) in [6.45, 7) is -2.34. The molecule has 10 heavy (non-hydrogen) atoms. The minimum Gasteiger partial charge on any atom is -0.464 e. The third-order valence-electron chi connectivity index (χ3n) is 1.14. The van der Waals surface area contributed by atoms with Gasteiger partial charge in [-0.15, -0.1) is 0 Å². The number of hydrogen-bond donors (Lipinski definition) is 0. The highest BCUT2D eigenvalue weighted by atomic mass is 16.5. The highest BCUT2D eigenvalue weighted by Gasteiger charge is 2.06. The summed E-state index contributed by atoms with van der Waals surface area (Å²) in [5.74, 6) is -0.652. The van der Waals surface area contributed by atoms with Gasteiger partial charge < -0.3 is 9.30 Å². The first-order chi connectivity index (χ1) is 5.96. The molecule has 0 spiro atoms. The fraction of sp³-hybridized carbons (Fsp3) is 0.286. The largest absolute Gasteiger partial charge is 0.464 e. The SMILES string of the molecule is [2H]C([2H])([2H])n1cccc1C(=O)OC. The normalized spacial score (nSPS) is 15.1. The van der Waals surface area contributed by atoms with E-state index in [1.165, 1.54) is 25.4 Å². The summed E-state index contributed by atoms with van der Waals surface area (Å²) in [6.07, 6.45) is 1.32. The lowest BCUT2D eigenvalue weighted by molar-refractivity contribution is 0.0590. The number of rotatable bonds is 1. The van der Waals surface area contributed by atoms with Gasteiger partial charge in [0.2, 0.25) is 0 Å². The molecule has 0 atom stereocenters. The number of aromatic nitrogens is 1. The highest BCUT2D eigenvalue weighted by Crippen LogP contribution is 2.00. The summed E-state index contributed by atoms with van der Waals surface area (Å²) in [7, 11) is 1.21. The summed E-state index contributed by atoms with van der Waals surface area (Å²) in [5.41, 5.74) is 0.0301. The molecule has 0 saturated heterocycles. The molecular weight excluding hydrogens is 130 g/mol. The number of esters is 1. The van der Waals surface area contributed by atoms with Gasteiger partial charge in [-0.3, -0.25) is 0 Å². The van der Waals surface area contributed by atoms with E-state index in [9.17, 15) is 4.79 Å². The molecule has 0 aliphatic rings. The Balaban J connectivity index is 3.10. The van der Waals surface area contributed by atoms with Crippen LogP contribution >= 0.6 is 0 Å². The van der Waals surface area contributed by atoms with Gasteiger partial charge in [0.25, 0.3) is 0 Å². The van der Waals surface area contributed by atoms with Gasteiger partial charge in [0.1, 0.15) is 5.69 Å². The molecule has 54 valence electrons. The third kappa shape index (κ3) is 1.03. The quantitative estimate of drug-likeness (QED) is 0.543. The summed E-state index contributed by atoms with van der Waals surface area (Å²) in [5, 5.41) is 0. The van der Waals surface area contributed by atoms with Crippen LogP contribution in [-0.4, -0.2) is 17.6 Å². The van der Waals surface area contributed by atoms with Crippen LogP contribution in [0.5, 0.6) is 0 Å². The molecule has 0 amide bonds. The fourth-order valence-corrected chi connectivity index (χ4v) is 0.652. The van der Waals surface area contributed by atoms with E-state index in [2.05, 4.69) is 4.74 Å². The van der Waals surface area contributed by atoms with Crippen LogP contribution in [0.4, 0.5) is 0 Å². The van der Waals surface area contributed by atoms with E-state index in [1.54, 1.807) is 0 Å². The smallest absolute Gasteiger partial charge is 0.354 e. The van der Waals surface area contributed by atoms with Crippen molar-refractivity contribution in [1.82, 2.24) is 4.57 Å². The molecule has 1 aromatic rings. The zero-order valence-electron chi connectivity index (χ0n) is 8.50. The van der Waals surface area contributed by atoms with E-state index < -0.39 is 12.9 Å². The number of aryl methyl sites for hydroxylation is 1. The molecule has 0 unspecified atom stereocenters. The second-order valence-corrected chi connectivity index (χ2v) is 1.76. The van der Waals surface area contributed by atoms with Crippen molar-refractivity contribution in [3.05, 3.63) is 24.0 Å². The van der Waals surface area contributed by atoms with Crippen LogP contribution in [0.3, 0.4) is 0 Å². The molecule has 0 radical (unpaired) electrons. The number of methoxy groups -OCH3 is 1. The van der Waals surface area contributed by atoms with E-state index in [-0.39, 0.29) is 5.69 Å². The predicted molar refractivity (Wildman–Crippen MR) is 36.8 cm³/mol. The van der Waals surface area contributed by atoms with Crippen molar-refractivity contribution < 1.29 is 13.6 Å². The van der Waals surface area contributed by atoms with Crippen LogP contribution in [0, 0.1) is 0 Å². The minimum absolute atomic E-state index is 0.0301. The number of hydrogen-bond acceptors (Lipinski definition) is 2. The molecule has 3 nitrogen and oxygen atoms in total. The Labute approximate surface area is 63.4 Å². The van der Waals surface area contributed by atoms with Gasteiger partial charge >= 0.3 is 5.97 Å². The molecule has 0 aromatic carbocycles. The lowest BCUT2D eigenvalue weighted by Gasteiger charge is -1.98. The second kappa shape index (κ2) is 2.56. The lowest BCUT2D eigenvalue weighted by Crippen LogP contribution is -2.06. The molecule has 0 aliphatic carbocycles. The van der Waals surface area contributed by atoms with Crippen LogP contribution in [0.2, 0.25) is 0 Å². The summed E-state index contributed by atoms with van der Waals surface area (Å²) < 4.78 is 26.6. The van der Waals surface area contributed by atoms with Gasteiger partial charge in [-0.1, -0.05) is 0 Å². The van der Waals surface area contributed by atoms with Crippen LogP contribution in [0.25, 0.3) is 0 Å². The molecule has 1 heterocycles. The Morgan fingerprint density at radius 2 is 2.70 bits per heavy atom. The monoisotopic (exact) mass is 142 g/mol. The van der Waals surface area contributed by atoms with Crippen molar-refractivity contribution in [2.75, 3.05) is 7.11 Å². The maximum Gasteiger partial charge on any atom is 0.354 e. The zero-order chi connectivity index (χ0) is 10.1. The Morgan fingerprint density at radius 1 is 1.90 bits per heavy atom. The Morgan fingerprint density at radius 3 is 3.30 bits per heavy atom. The van der Waals surface area contributed by atoms with E-state index >= 15 is 0 Å². The fourth-order valence-electron chi connectivity index (χ4n) is 0.652. The summed E-state index contributed by atoms with van der Waals surface area (Å²) >= 11 is 0. The van der Waals surface area contributed by atoms with Crippen molar-refractivity contribution in [1.29, 1.82) is 0 Å². The number of nitrogens with zero attached hydrogens (tertiary/aromatic N) is 1. The van der Waals surface area contributed by atoms with Crippen molar-refractivity contribution in [2.45, 2.75) is 0 Å². The summed E-state index contributed by atoms with van der Waals surface area (Å²) in [6, 6.07) is 2.89. The van der Waals surface area contributed by atoms with Gasteiger partial charge in [-0.25, -0.2) is 4.79 Å². The van der Waals surface area contributed by atoms with Crippen molar-refractivity contribution >= 4 is 5.97 Å². The molecule has 0 saturated carbocycles. The van der Waals surface area contributed by atoms with E-state index in [0.29, 0.717) is 0 Å². The van der Waals surface area contributed by atoms with Crippen molar-refractivity contribution in [2.24, 2.45) is 6.98 Å². The predicted octanol–water partition coefficient (Wildman–Crippen LogP) is 0.812. The molecule has 0 N–H and O–H groups in total. The number of carbonyl (C=O) groups excluding carboxylic acids is 1. The van der Waals surface area contributed by atoms with E-state index in [4.69, 9.17) is 4.11 Å². The Bertz CT molecular complexity index is 316. The molecule has 3 heteroatoms. The Hall–Kier alpha value is -1.25. The van der Waals surface area contributed by atoms with Gasteiger partial charge in [0.15, 0.2) is 0 Å². The van der Waals surface area contributed by atoms with Gasteiger partial charge in [-0.05, 0) is 12.1 Å². The average Bonchev–Trinajstić information content (AvgIpc) is 2.49. The maximum atomic E-state index is 11.0. The van der Waals surface area contributed by atoms with E-state index in [1.807, 2.05) is 0 Å². The van der Waals surface area contributed by atoms with E-state index in [0.717, 1.165) is 4.57 Å². The van der Waals surface area contributed by atoms with Crippen LogP contribution < -0.4 is 0 Å². The molecule has 0 aliphatic heterocycles. The molecule has 0 fully saturated rings. The first kappa shape index (κ1) is 3.81. The second-order valence-electron chi connectivity index (χ2n) is 1.76. The van der Waals surface area contributed by atoms with Crippen LogP contribution in [-0.2, 0) is 11.7 Å². The van der Waals surface area contributed by atoms with Crippen molar-refractivity contribution in [3.63, 3.8) is 0 Å². The van der Waals surface area contributed by atoms with Gasteiger partial charge in [0, 0.05) is 17.3 Å². The minimum atomic E-state index is -2.34. The first-order valence-corrected chi connectivity index (χ1v) is 2.73. The average molecular weight is 142 g/mol. The summed E-state index contributed by atoms with van der Waals surface area (Å²) in [4.78, 5) is 11.0. The Kier molecular flexibility index (Phi) is 0.974. The van der Waals surface area contributed by atoms with Crippen LogP contribution in [0.1, 0.15) is 14.6 Å². The molecule has 1 aromatic heterocycles. The van der Waals surface area contributed by atoms with Crippen LogP contribution in [0.15, 0.2) is 18.3 Å². The maximum absolute atomic E-state index is 11.0. The standard InChI is InChI=1S/C7H9NO2/c1-8-5-3-4-6(8)7(9)10-2/h3-5H,1-2H3/i1D3. The number of ether oxygens (including phenoxy) is 1. The first-order valence-electron chi connectivity index (χ1n) is 4.23. The molecular formula is C7H9NO2. The molecule has 0 bridgehead atoms. The highest BCUT2D eigenvalue weighted by molar-refractivity contribution is 5.87. The van der Waals surface area contributed by atoms with Gasteiger partial charge in [0.05, 0.1) is 7.11 Å². The number of carbonyl (C=O) groups is 1. The van der Waals surface area contributed by atoms with Gasteiger partial charge in [-0.2, -0.15) is 0 Å². The molecule has 1 rings (SSSR count). The lowest BCUT2D eigenvalue weighted by atomic mass is 10.4. The van der Waals surface area contributed by atoms with Crippen molar-refractivity contribution in [3.8, 4) is 0 Å². The third-order valence-corrected chi connectivity index (χ3v) is 1.14.